The van der Waals surface area contributed by atoms with Gasteiger partial charge in [0, 0.05) is 13.6 Å². The molecule has 2 N–H and O–H groups in total. The van der Waals surface area contributed by atoms with Crippen LogP contribution in [0.1, 0.15) is 36.8 Å². The second-order valence-corrected chi connectivity index (χ2v) is 5.49. The van der Waals surface area contributed by atoms with E-state index >= 15 is 0 Å². The van der Waals surface area contributed by atoms with Crippen molar-refractivity contribution in [1.29, 1.82) is 0 Å². The van der Waals surface area contributed by atoms with Crippen LogP contribution in [0.3, 0.4) is 0 Å². The fourth-order valence-corrected chi connectivity index (χ4v) is 3.09. The van der Waals surface area contributed by atoms with E-state index in [4.69, 9.17) is 5.73 Å². The van der Waals surface area contributed by atoms with E-state index in [1.165, 1.54) is 19.3 Å². The van der Waals surface area contributed by atoms with Gasteiger partial charge in [0.1, 0.15) is 10.4 Å². The van der Waals surface area contributed by atoms with Crippen LogP contribution in [0.25, 0.3) is 0 Å². The number of nitrogens with two attached hydrogens (primary N) is 1. The van der Waals surface area contributed by atoms with Crippen LogP contribution in [0.2, 0.25) is 0 Å². The number of nitrogens with zero attached hydrogens (tertiary/aromatic N) is 3. The lowest BCUT2D eigenvalue weighted by molar-refractivity contribution is 0.164. The summed E-state index contributed by atoms with van der Waals surface area (Å²) in [6.07, 6.45) is 3.90. The highest BCUT2D eigenvalue weighted by Gasteiger charge is 2.26. The molecule has 2 rings (SSSR count). The first kappa shape index (κ1) is 13.1. The maximum absolute atomic E-state index is 5.95. The molecule has 2 heterocycles. The number of halogens is 1. The van der Waals surface area contributed by atoms with Gasteiger partial charge in [-0.2, -0.15) is 0 Å². The predicted molar refractivity (Wildman–Crippen MR) is 72.9 cm³/mol. The number of aromatic nitrogens is 2. The van der Waals surface area contributed by atoms with Gasteiger partial charge < -0.3 is 10.3 Å². The third-order valence-electron chi connectivity index (χ3n) is 3.64. The number of likely N-dealkylation sites (tertiary alicyclic amines) is 1. The first-order chi connectivity index (χ1) is 8.15. The van der Waals surface area contributed by atoms with Crippen molar-refractivity contribution in [3.63, 3.8) is 0 Å². The van der Waals surface area contributed by atoms with Crippen molar-refractivity contribution in [1.82, 2.24) is 14.5 Å². The van der Waals surface area contributed by atoms with Crippen LogP contribution in [0.15, 0.2) is 4.60 Å². The van der Waals surface area contributed by atoms with Crippen LogP contribution in [0.5, 0.6) is 0 Å². The minimum Gasteiger partial charge on any atom is -0.329 e. The molecule has 0 aliphatic carbocycles. The second kappa shape index (κ2) is 5.50. The Hall–Kier alpha value is -0.390. The van der Waals surface area contributed by atoms with Gasteiger partial charge in [-0.05, 0) is 48.8 Å². The Kier molecular flexibility index (Phi) is 4.22. The molecule has 1 unspecified atom stereocenters. The number of piperidine rings is 1. The molecule has 1 aromatic heterocycles. The molecule has 0 bridgehead atoms. The molecule has 0 saturated carbocycles. The van der Waals surface area contributed by atoms with Gasteiger partial charge in [-0.1, -0.05) is 6.42 Å². The summed E-state index contributed by atoms with van der Waals surface area (Å²) in [5, 5.41) is 0. The molecular formula is C12H21BrN4. The Bertz CT molecular complexity index is 382. The summed E-state index contributed by atoms with van der Waals surface area (Å²) in [5.41, 5.74) is 7.04. The quantitative estimate of drug-likeness (QED) is 0.928. The first-order valence-electron chi connectivity index (χ1n) is 6.28. The molecule has 0 amide bonds. The Balaban J connectivity index is 2.24. The summed E-state index contributed by atoms with van der Waals surface area (Å²) in [7, 11) is 2.03. The van der Waals surface area contributed by atoms with Gasteiger partial charge in [-0.15, -0.1) is 0 Å². The van der Waals surface area contributed by atoms with Gasteiger partial charge in [0.2, 0.25) is 0 Å². The van der Waals surface area contributed by atoms with Crippen molar-refractivity contribution < 1.29 is 0 Å². The molecule has 17 heavy (non-hydrogen) atoms. The summed E-state index contributed by atoms with van der Waals surface area (Å²) < 4.78 is 3.14. The van der Waals surface area contributed by atoms with Crippen LogP contribution < -0.4 is 5.73 Å². The topological polar surface area (TPSA) is 47.1 Å². The van der Waals surface area contributed by atoms with E-state index in [1.807, 2.05) is 14.0 Å². The zero-order chi connectivity index (χ0) is 12.4. The lowest BCUT2D eigenvalue weighted by Gasteiger charge is -2.33. The Morgan fingerprint density at radius 1 is 1.35 bits per heavy atom. The minimum absolute atomic E-state index is 0.254. The van der Waals surface area contributed by atoms with Gasteiger partial charge in [-0.25, -0.2) is 4.98 Å². The van der Waals surface area contributed by atoms with E-state index in [2.05, 4.69) is 30.4 Å². The van der Waals surface area contributed by atoms with Crippen LogP contribution in [-0.2, 0) is 7.05 Å². The number of imidazole rings is 1. The third kappa shape index (κ3) is 2.56. The molecule has 0 aromatic carbocycles. The Morgan fingerprint density at radius 3 is 2.47 bits per heavy atom. The van der Waals surface area contributed by atoms with Crippen molar-refractivity contribution in [3.05, 3.63) is 16.1 Å². The molecule has 0 spiro atoms. The van der Waals surface area contributed by atoms with Crippen molar-refractivity contribution >= 4 is 15.9 Å². The molecule has 1 saturated heterocycles. The molecular weight excluding hydrogens is 280 g/mol. The number of aryl methyl sites for hydroxylation is 1. The maximum atomic E-state index is 5.95. The molecule has 1 aliphatic heterocycles. The molecule has 5 heteroatoms. The van der Waals surface area contributed by atoms with E-state index in [0.717, 1.165) is 29.2 Å². The zero-order valence-electron chi connectivity index (χ0n) is 10.6. The molecule has 1 atom stereocenters. The standard InChI is InChI=1S/C12H21BrN4/c1-9-15-11(12(13)16(9)2)10(8-14)17-6-4-3-5-7-17/h10H,3-8,14H2,1-2H3. The normalized spacial score (nSPS) is 19.5. The van der Waals surface area contributed by atoms with E-state index in [9.17, 15) is 0 Å². The lowest BCUT2D eigenvalue weighted by Crippen LogP contribution is -2.37. The van der Waals surface area contributed by atoms with E-state index in [-0.39, 0.29) is 6.04 Å². The molecule has 0 radical (unpaired) electrons. The lowest BCUT2D eigenvalue weighted by atomic mass is 10.1. The number of rotatable bonds is 3. The average Bonchev–Trinajstić information content (AvgIpc) is 2.60. The molecule has 1 aromatic rings. The number of hydrogen-bond donors (Lipinski definition) is 1. The maximum Gasteiger partial charge on any atom is 0.109 e. The van der Waals surface area contributed by atoms with Crippen molar-refractivity contribution in [3.8, 4) is 0 Å². The molecule has 1 aliphatic rings. The van der Waals surface area contributed by atoms with E-state index < -0.39 is 0 Å². The van der Waals surface area contributed by atoms with Crippen molar-refractivity contribution in [2.24, 2.45) is 12.8 Å². The van der Waals surface area contributed by atoms with Gasteiger partial charge in [0.05, 0.1) is 11.7 Å². The van der Waals surface area contributed by atoms with Crippen LogP contribution in [-0.4, -0.2) is 34.1 Å². The monoisotopic (exact) mass is 300 g/mol. The minimum atomic E-state index is 0.254. The van der Waals surface area contributed by atoms with Gasteiger partial charge in [0.15, 0.2) is 0 Å². The van der Waals surface area contributed by atoms with Crippen LogP contribution in [0.4, 0.5) is 0 Å². The molecule has 1 fully saturated rings. The highest BCUT2D eigenvalue weighted by Crippen LogP contribution is 2.29. The zero-order valence-corrected chi connectivity index (χ0v) is 12.2. The SMILES string of the molecule is Cc1nc(C(CN)N2CCCCC2)c(Br)n1C. The highest BCUT2D eigenvalue weighted by molar-refractivity contribution is 9.10. The van der Waals surface area contributed by atoms with Crippen molar-refractivity contribution in [2.45, 2.75) is 32.2 Å². The molecule has 96 valence electrons. The summed E-state index contributed by atoms with van der Waals surface area (Å²) in [6.45, 7) is 4.95. The van der Waals surface area contributed by atoms with Gasteiger partial charge in [0.25, 0.3) is 0 Å². The van der Waals surface area contributed by atoms with E-state index in [0.29, 0.717) is 6.54 Å². The first-order valence-corrected chi connectivity index (χ1v) is 7.07. The fourth-order valence-electron chi connectivity index (χ4n) is 2.49. The van der Waals surface area contributed by atoms with Crippen LogP contribution >= 0.6 is 15.9 Å². The Morgan fingerprint density at radius 2 is 2.00 bits per heavy atom. The summed E-state index contributed by atoms with van der Waals surface area (Å²) in [5.74, 6) is 1.03. The van der Waals surface area contributed by atoms with Gasteiger partial charge in [-0.3, -0.25) is 4.90 Å². The fraction of sp³-hybridized carbons (Fsp3) is 0.750. The van der Waals surface area contributed by atoms with E-state index in [1.54, 1.807) is 0 Å². The Labute approximate surface area is 111 Å². The summed E-state index contributed by atoms with van der Waals surface area (Å²) >= 11 is 3.63. The van der Waals surface area contributed by atoms with Crippen LogP contribution in [0, 0.1) is 6.92 Å². The predicted octanol–water partition coefficient (Wildman–Crippen LogP) is 1.98. The highest BCUT2D eigenvalue weighted by atomic mass is 79.9. The van der Waals surface area contributed by atoms with Crippen molar-refractivity contribution in [2.75, 3.05) is 19.6 Å². The van der Waals surface area contributed by atoms with Gasteiger partial charge >= 0.3 is 0 Å². The molecule has 4 nitrogen and oxygen atoms in total. The smallest absolute Gasteiger partial charge is 0.109 e. The summed E-state index contributed by atoms with van der Waals surface area (Å²) in [6, 6.07) is 0.254. The third-order valence-corrected chi connectivity index (χ3v) is 4.58. The largest absolute Gasteiger partial charge is 0.329 e. The second-order valence-electron chi connectivity index (χ2n) is 4.74. The summed E-state index contributed by atoms with van der Waals surface area (Å²) in [4.78, 5) is 7.12. The number of hydrogen-bond acceptors (Lipinski definition) is 3. The average molecular weight is 301 g/mol.